The number of carbonyl (C=O) groups is 1. The summed E-state index contributed by atoms with van der Waals surface area (Å²) in [5.41, 5.74) is 0.815. The van der Waals surface area contributed by atoms with Crippen LogP contribution in [-0.4, -0.2) is 33.5 Å². The second kappa shape index (κ2) is 5.46. The SMILES string of the molecule is O=C(O)C1CCCN1C(c1ccccn1)c1ccco1. The Hall–Kier alpha value is -2.14. The molecule has 1 aliphatic heterocycles. The van der Waals surface area contributed by atoms with Gasteiger partial charge in [0.05, 0.1) is 12.0 Å². The summed E-state index contributed by atoms with van der Waals surface area (Å²) in [4.78, 5) is 17.8. The van der Waals surface area contributed by atoms with Gasteiger partial charge in [-0.15, -0.1) is 0 Å². The first-order valence-corrected chi connectivity index (χ1v) is 6.70. The Labute approximate surface area is 116 Å². The Balaban J connectivity index is 2.00. The molecule has 1 fully saturated rings. The number of pyridine rings is 1. The van der Waals surface area contributed by atoms with Gasteiger partial charge in [0, 0.05) is 12.7 Å². The fraction of sp³-hybridized carbons (Fsp3) is 0.333. The van der Waals surface area contributed by atoms with Crippen molar-refractivity contribution in [2.24, 2.45) is 0 Å². The van der Waals surface area contributed by atoms with Crippen molar-refractivity contribution in [3.05, 3.63) is 54.2 Å². The third-order valence-corrected chi connectivity index (χ3v) is 3.69. The van der Waals surface area contributed by atoms with Gasteiger partial charge < -0.3 is 9.52 Å². The van der Waals surface area contributed by atoms with Gasteiger partial charge in [-0.2, -0.15) is 0 Å². The van der Waals surface area contributed by atoms with Gasteiger partial charge in [0.2, 0.25) is 0 Å². The van der Waals surface area contributed by atoms with Crippen LogP contribution in [0, 0.1) is 0 Å². The lowest BCUT2D eigenvalue weighted by Gasteiger charge is -2.29. The zero-order valence-corrected chi connectivity index (χ0v) is 11.0. The van der Waals surface area contributed by atoms with E-state index in [0.29, 0.717) is 6.42 Å². The summed E-state index contributed by atoms with van der Waals surface area (Å²) < 4.78 is 5.52. The van der Waals surface area contributed by atoms with E-state index in [1.54, 1.807) is 12.5 Å². The lowest BCUT2D eigenvalue weighted by molar-refractivity contribution is -0.142. The van der Waals surface area contributed by atoms with E-state index >= 15 is 0 Å². The highest BCUT2D eigenvalue weighted by molar-refractivity contribution is 5.74. The highest BCUT2D eigenvalue weighted by Gasteiger charge is 2.38. The van der Waals surface area contributed by atoms with E-state index in [0.717, 1.165) is 24.4 Å². The molecule has 0 saturated carbocycles. The average Bonchev–Trinajstić information content (AvgIpc) is 3.12. The molecule has 104 valence electrons. The van der Waals surface area contributed by atoms with Crippen LogP contribution in [0.5, 0.6) is 0 Å². The summed E-state index contributed by atoms with van der Waals surface area (Å²) in [5.74, 6) is -0.0492. The largest absolute Gasteiger partial charge is 0.480 e. The minimum absolute atomic E-state index is 0.241. The molecule has 1 saturated heterocycles. The second-order valence-electron chi connectivity index (χ2n) is 4.91. The quantitative estimate of drug-likeness (QED) is 0.925. The predicted octanol–water partition coefficient (Wildman–Crippen LogP) is 2.31. The number of rotatable bonds is 4. The predicted molar refractivity (Wildman–Crippen MR) is 72.2 cm³/mol. The fourth-order valence-electron chi connectivity index (χ4n) is 2.83. The van der Waals surface area contributed by atoms with E-state index in [1.807, 2.05) is 35.2 Å². The van der Waals surface area contributed by atoms with Crippen molar-refractivity contribution in [3.63, 3.8) is 0 Å². The Morgan fingerprint density at radius 3 is 2.95 bits per heavy atom. The number of carboxylic acid groups (broad SMARTS) is 1. The van der Waals surface area contributed by atoms with E-state index in [4.69, 9.17) is 4.42 Å². The third-order valence-electron chi connectivity index (χ3n) is 3.69. The average molecular weight is 272 g/mol. The molecule has 0 spiro atoms. The molecule has 1 N–H and O–H groups in total. The van der Waals surface area contributed by atoms with E-state index in [9.17, 15) is 9.90 Å². The summed E-state index contributed by atoms with van der Waals surface area (Å²) >= 11 is 0. The molecule has 2 aromatic rings. The Kier molecular flexibility index (Phi) is 3.52. The van der Waals surface area contributed by atoms with Crippen molar-refractivity contribution >= 4 is 5.97 Å². The van der Waals surface area contributed by atoms with Gasteiger partial charge in [-0.25, -0.2) is 0 Å². The third kappa shape index (κ3) is 2.32. The number of carboxylic acids is 1. The molecule has 0 radical (unpaired) electrons. The topological polar surface area (TPSA) is 66.6 Å². The maximum atomic E-state index is 11.4. The van der Waals surface area contributed by atoms with Crippen LogP contribution in [-0.2, 0) is 4.79 Å². The van der Waals surface area contributed by atoms with E-state index in [-0.39, 0.29) is 6.04 Å². The molecule has 1 aliphatic rings. The van der Waals surface area contributed by atoms with Gasteiger partial charge >= 0.3 is 5.97 Å². The number of aromatic nitrogens is 1. The summed E-state index contributed by atoms with van der Waals surface area (Å²) in [5, 5.41) is 9.38. The molecule has 3 rings (SSSR count). The van der Waals surface area contributed by atoms with E-state index in [2.05, 4.69) is 4.98 Å². The van der Waals surface area contributed by atoms with Crippen LogP contribution in [0.1, 0.15) is 30.3 Å². The monoisotopic (exact) mass is 272 g/mol. The van der Waals surface area contributed by atoms with Crippen molar-refractivity contribution in [2.75, 3.05) is 6.54 Å². The maximum absolute atomic E-state index is 11.4. The summed E-state index contributed by atoms with van der Waals surface area (Å²) in [6.45, 7) is 0.735. The summed E-state index contributed by atoms with van der Waals surface area (Å²) in [6.07, 6.45) is 4.87. The zero-order chi connectivity index (χ0) is 13.9. The minimum atomic E-state index is -0.782. The van der Waals surface area contributed by atoms with Crippen molar-refractivity contribution in [3.8, 4) is 0 Å². The molecule has 5 nitrogen and oxygen atoms in total. The van der Waals surface area contributed by atoms with E-state index < -0.39 is 12.0 Å². The van der Waals surface area contributed by atoms with Crippen molar-refractivity contribution in [1.82, 2.24) is 9.88 Å². The molecule has 20 heavy (non-hydrogen) atoms. The lowest BCUT2D eigenvalue weighted by Crippen LogP contribution is -2.39. The number of hydrogen-bond acceptors (Lipinski definition) is 4. The maximum Gasteiger partial charge on any atom is 0.320 e. The Bertz CT molecular complexity index is 568. The highest BCUT2D eigenvalue weighted by atomic mass is 16.4. The van der Waals surface area contributed by atoms with Crippen molar-refractivity contribution in [2.45, 2.75) is 24.9 Å². The molecular weight excluding hydrogens is 256 g/mol. The molecule has 2 unspecified atom stereocenters. The van der Waals surface area contributed by atoms with Crippen LogP contribution in [0.2, 0.25) is 0 Å². The lowest BCUT2D eigenvalue weighted by atomic mass is 10.1. The van der Waals surface area contributed by atoms with Gasteiger partial charge in [-0.05, 0) is 37.1 Å². The van der Waals surface area contributed by atoms with Crippen LogP contribution in [0.25, 0.3) is 0 Å². The van der Waals surface area contributed by atoms with Crippen LogP contribution in [0.4, 0.5) is 0 Å². The standard InChI is InChI=1S/C15H16N2O3/c18-15(19)12-6-3-9-17(12)14(13-7-4-10-20-13)11-5-1-2-8-16-11/h1-2,4-5,7-8,10,12,14H,3,6,9H2,(H,18,19). The summed E-state index contributed by atoms with van der Waals surface area (Å²) in [7, 11) is 0. The summed E-state index contributed by atoms with van der Waals surface area (Å²) in [6, 6.07) is 8.63. The molecule has 0 bridgehead atoms. The first-order chi connectivity index (χ1) is 9.77. The van der Waals surface area contributed by atoms with Crippen LogP contribution >= 0.6 is 0 Å². The van der Waals surface area contributed by atoms with Gasteiger partial charge in [-0.1, -0.05) is 6.07 Å². The molecule has 2 atom stereocenters. The van der Waals surface area contributed by atoms with Crippen molar-refractivity contribution in [1.29, 1.82) is 0 Å². The van der Waals surface area contributed by atoms with Crippen LogP contribution in [0.15, 0.2) is 47.2 Å². The molecule has 0 aromatic carbocycles. The minimum Gasteiger partial charge on any atom is -0.480 e. The molecule has 2 aromatic heterocycles. The van der Waals surface area contributed by atoms with Crippen molar-refractivity contribution < 1.29 is 14.3 Å². The molecule has 5 heteroatoms. The number of nitrogens with zero attached hydrogens (tertiary/aromatic N) is 2. The normalized spacial score (nSPS) is 20.9. The number of aliphatic carboxylic acids is 1. The molecular formula is C15H16N2O3. The first-order valence-electron chi connectivity index (χ1n) is 6.70. The Morgan fingerprint density at radius 1 is 1.40 bits per heavy atom. The number of furan rings is 1. The molecule has 0 aliphatic carbocycles. The first kappa shape index (κ1) is 12.9. The van der Waals surface area contributed by atoms with Gasteiger partial charge in [0.1, 0.15) is 17.8 Å². The smallest absolute Gasteiger partial charge is 0.320 e. The Morgan fingerprint density at radius 2 is 2.30 bits per heavy atom. The molecule has 0 amide bonds. The zero-order valence-electron chi connectivity index (χ0n) is 11.0. The molecule has 3 heterocycles. The second-order valence-corrected chi connectivity index (χ2v) is 4.91. The van der Waals surface area contributed by atoms with Crippen LogP contribution in [0.3, 0.4) is 0 Å². The number of hydrogen-bond donors (Lipinski definition) is 1. The van der Waals surface area contributed by atoms with Gasteiger partial charge in [0.25, 0.3) is 0 Å². The van der Waals surface area contributed by atoms with Gasteiger partial charge in [-0.3, -0.25) is 14.7 Å². The van der Waals surface area contributed by atoms with E-state index in [1.165, 1.54) is 0 Å². The van der Waals surface area contributed by atoms with Gasteiger partial charge in [0.15, 0.2) is 0 Å². The highest BCUT2D eigenvalue weighted by Crippen LogP contribution is 2.34. The van der Waals surface area contributed by atoms with Crippen LogP contribution < -0.4 is 0 Å². The fourth-order valence-corrected chi connectivity index (χ4v) is 2.83. The number of likely N-dealkylation sites (tertiary alicyclic amines) is 1.